The Labute approximate surface area is 177 Å². The van der Waals surface area contributed by atoms with Crippen molar-refractivity contribution < 1.29 is 14.7 Å². The average Bonchev–Trinajstić information content (AvgIpc) is 3.41. The molecule has 2 aromatic rings. The number of carbonyl (C=O) groups is 2. The van der Waals surface area contributed by atoms with Crippen molar-refractivity contribution in [1.82, 2.24) is 14.8 Å². The standard InChI is InChI=1S/C24H31N3O3/c1-17-20(12-14-26(17)2)23(30)27-15-13-24(21(28)16-27,19-10-4-3-5-11-19)25-22(29)18-8-6-7-9-18/h3-5,10-12,14,18,21,28H,6-9,13,15-16H2,1-2H3,(H,25,29)/t21-,24+/m1/s1. The Hall–Kier alpha value is -2.60. The topological polar surface area (TPSA) is 74.6 Å². The molecule has 0 unspecified atom stereocenters. The zero-order chi connectivity index (χ0) is 21.3. The number of aliphatic hydroxyl groups excluding tert-OH is 1. The fourth-order valence-electron chi connectivity index (χ4n) is 4.92. The van der Waals surface area contributed by atoms with Crippen molar-refractivity contribution in [3.05, 3.63) is 59.4 Å². The zero-order valence-corrected chi connectivity index (χ0v) is 17.8. The molecule has 2 aliphatic rings. The molecular formula is C24H31N3O3. The second-order valence-corrected chi connectivity index (χ2v) is 8.75. The molecule has 1 aliphatic heterocycles. The molecule has 6 heteroatoms. The number of hydrogen-bond donors (Lipinski definition) is 2. The van der Waals surface area contributed by atoms with Crippen LogP contribution in [0, 0.1) is 12.8 Å². The van der Waals surface area contributed by atoms with Crippen molar-refractivity contribution in [2.45, 2.75) is 50.7 Å². The third kappa shape index (κ3) is 3.65. The lowest BCUT2D eigenvalue weighted by atomic mass is 9.78. The lowest BCUT2D eigenvalue weighted by Crippen LogP contribution is -2.63. The maximum Gasteiger partial charge on any atom is 0.255 e. The Morgan fingerprint density at radius 2 is 1.83 bits per heavy atom. The second-order valence-electron chi connectivity index (χ2n) is 8.75. The predicted molar refractivity (Wildman–Crippen MR) is 115 cm³/mol. The Balaban J connectivity index is 1.58. The van der Waals surface area contributed by atoms with Crippen LogP contribution in [-0.4, -0.2) is 45.6 Å². The summed E-state index contributed by atoms with van der Waals surface area (Å²) in [6.45, 7) is 2.58. The van der Waals surface area contributed by atoms with Gasteiger partial charge in [0.2, 0.25) is 5.91 Å². The molecule has 30 heavy (non-hydrogen) atoms. The van der Waals surface area contributed by atoms with Gasteiger partial charge in [-0.2, -0.15) is 0 Å². The first kappa shape index (κ1) is 20.7. The third-order valence-corrected chi connectivity index (χ3v) is 7.00. The number of rotatable bonds is 4. The van der Waals surface area contributed by atoms with Gasteiger partial charge >= 0.3 is 0 Å². The van der Waals surface area contributed by atoms with E-state index in [4.69, 9.17) is 0 Å². The van der Waals surface area contributed by atoms with E-state index >= 15 is 0 Å². The molecule has 1 saturated heterocycles. The third-order valence-electron chi connectivity index (χ3n) is 7.00. The van der Waals surface area contributed by atoms with E-state index < -0.39 is 11.6 Å². The van der Waals surface area contributed by atoms with Crippen LogP contribution in [0.25, 0.3) is 0 Å². The number of aliphatic hydroxyl groups is 1. The van der Waals surface area contributed by atoms with E-state index in [9.17, 15) is 14.7 Å². The van der Waals surface area contributed by atoms with Gasteiger partial charge in [-0.3, -0.25) is 9.59 Å². The van der Waals surface area contributed by atoms with Gasteiger partial charge in [0.15, 0.2) is 0 Å². The molecule has 2 N–H and O–H groups in total. The Morgan fingerprint density at radius 3 is 2.43 bits per heavy atom. The Kier molecular flexibility index (Phi) is 5.69. The van der Waals surface area contributed by atoms with Crippen molar-refractivity contribution in [3.8, 4) is 0 Å². The van der Waals surface area contributed by atoms with E-state index in [0.717, 1.165) is 36.9 Å². The summed E-state index contributed by atoms with van der Waals surface area (Å²) in [5.74, 6) is -0.0329. The lowest BCUT2D eigenvalue weighted by molar-refractivity contribution is -0.130. The summed E-state index contributed by atoms with van der Waals surface area (Å²) in [4.78, 5) is 27.8. The minimum absolute atomic E-state index is 0.0180. The summed E-state index contributed by atoms with van der Waals surface area (Å²) in [5, 5.41) is 14.5. The van der Waals surface area contributed by atoms with Crippen LogP contribution in [0.5, 0.6) is 0 Å². The van der Waals surface area contributed by atoms with Gasteiger partial charge in [0.1, 0.15) is 0 Å². The van der Waals surface area contributed by atoms with Crippen LogP contribution in [0.1, 0.15) is 53.7 Å². The molecule has 1 saturated carbocycles. The summed E-state index contributed by atoms with van der Waals surface area (Å²) >= 11 is 0. The maximum atomic E-state index is 13.1. The summed E-state index contributed by atoms with van der Waals surface area (Å²) in [6.07, 6.45) is 5.45. The quantitative estimate of drug-likeness (QED) is 0.815. The van der Waals surface area contributed by atoms with Crippen molar-refractivity contribution in [3.63, 3.8) is 0 Å². The number of aromatic nitrogens is 1. The molecule has 0 bridgehead atoms. The molecule has 2 heterocycles. The monoisotopic (exact) mass is 409 g/mol. The van der Waals surface area contributed by atoms with Crippen LogP contribution >= 0.6 is 0 Å². The van der Waals surface area contributed by atoms with Gasteiger partial charge in [-0.25, -0.2) is 0 Å². The number of β-amino-alcohol motifs (C(OH)–C–C–N with tert-alkyl or cyclic N) is 1. The Bertz CT molecular complexity index is 917. The normalized spacial score (nSPS) is 24.8. The first-order valence-electron chi connectivity index (χ1n) is 10.9. The smallest absolute Gasteiger partial charge is 0.255 e. The molecule has 6 nitrogen and oxygen atoms in total. The number of nitrogens with one attached hydrogen (secondary N) is 1. The van der Waals surface area contributed by atoms with Crippen LogP contribution in [0.3, 0.4) is 0 Å². The minimum atomic E-state index is -0.882. The molecule has 0 spiro atoms. The number of likely N-dealkylation sites (tertiary alicyclic amines) is 1. The van der Waals surface area contributed by atoms with Gasteiger partial charge in [0.05, 0.1) is 17.2 Å². The first-order valence-corrected chi connectivity index (χ1v) is 10.9. The van der Waals surface area contributed by atoms with Gasteiger partial charge in [-0.1, -0.05) is 43.2 Å². The van der Waals surface area contributed by atoms with Crippen LogP contribution in [0.15, 0.2) is 42.6 Å². The van der Waals surface area contributed by atoms with Crippen molar-refractivity contribution >= 4 is 11.8 Å². The van der Waals surface area contributed by atoms with Crippen LogP contribution in [0.4, 0.5) is 0 Å². The van der Waals surface area contributed by atoms with Gasteiger partial charge < -0.3 is 19.9 Å². The van der Waals surface area contributed by atoms with Crippen molar-refractivity contribution in [2.75, 3.05) is 13.1 Å². The Morgan fingerprint density at radius 1 is 1.13 bits per heavy atom. The molecule has 1 aromatic carbocycles. The number of benzene rings is 1. The largest absolute Gasteiger partial charge is 0.388 e. The molecule has 1 aliphatic carbocycles. The molecule has 1 aromatic heterocycles. The van der Waals surface area contributed by atoms with Gasteiger partial charge in [-0.05, 0) is 37.8 Å². The van der Waals surface area contributed by atoms with Gasteiger partial charge in [-0.15, -0.1) is 0 Å². The number of piperidine rings is 1. The summed E-state index contributed by atoms with van der Waals surface area (Å²) in [7, 11) is 1.91. The van der Waals surface area contributed by atoms with Crippen molar-refractivity contribution in [2.24, 2.45) is 13.0 Å². The zero-order valence-electron chi connectivity index (χ0n) is 17.8. The number of carbonyl (C=O) groups excluding carboxylic acids is 2. The predicted octanol–water partition coefficient (Wildman–Crippen LogP) is 2.74. The van der Waals surface area contributed by atoms with E-state index in [1.807, 2.05) is 61.1 Å². The number of aryl methyl sites for hydroxylation is 1. The molecule has 0 radical (unpaired) electrons. The fourth-order valence-corrected chi connectivity index (χ4v) is 4.92. The second kappa shape index (κ2) is 8.26. The minimum Gasteiger partial charge on any atom is -0.388 e. The van der Waals surface area contributed by atoms with E-state index in [0.29, 0.717) is 18.5 Å². The van der Waals surface area contributed by atoms with Crippen LogP contribution < -0.4 is 5.32 Å². The van der Waals surface area contributed by atoms with E-state index in [-0.39, 0.29) is 24.3 Å². The molecular weight excluding hydrogens is 378 g/mol. The number of amides is 2. The molecule has 2 amide bonds. The molecule has 2 atom stereocenters. The summed E-state index contributed by atoms with van der Waals surface area (Å²) in [6, 6.07) is 11.5. The summed E-state index contributed by atoms with van der Waals surface area (Å²) in [5.41, 5.74) is 1.59. The highest BCUT2D eigenvalue weighted by atomic mass is 16.3. The first-order chi connectivity index (χ1) is 14.4. The highest BCUT2D eigenvalue weighted by molar-refractivity contribution is 5.95. The highest BCUT2D eigenvalue weighted by Gasteiger charge is 2.47. The SMILES string of the molecule is Cc1c(C(=O)N2CC[C@](NC(=O)C3CCCC3)(c3ccccc3)[C@H](O)C2)ccn1C. The van der Waals surface area contributed by atoms with Crippen LogP contribution in [0.2, 0.25) is 0 Å². The number of nitrogens with zero attached hydrogens (tertiary/aromatic N) is 2. The highest BCUT2D eigenvalue weighted by Crippen LogP contribution is 2.36. The average molecular weight is 410 g/mol. The molecule has 2 fully saturated rings. The van der Waals surface area contributed by atoms with E-state index in [1.54, 1.807) is 4.90 Å². The van der Waals surface area contributed by atoms with Crippen LogP contribution in [-0.2, 0) is 17.4 Å². The maximum absolute atomic E-state index is 13.1. The van der Waals surface area contributed by atoms with Gasteiger partial charge in [0, 0.05) is 37.9 Å². The fraction of sp³-hybridized carbons (Fsp3) is 0.500. The van der Waals surface area contributed by atoms with Crippen molar-refractivity contribution in [1.29, 1.82) is 0 Å². The molecule has 4 rings (SSSR count). The molecule has 160 valence electrons. The van der Waals surface area contributed by atoms with Gasteiger partial charge in [0.25, 0.3) is 5.91 Å². The lowest BCUT2D eigenvalue weighted by Gasteiger charge is -2.46. The summed E-state index contributed by atoms with van der Waals surface area (Å²) < 4.78 is 1.92. The number of hydrogen-bond acceptors (Lipinski definition) is 3. The van der Waals surface area contributed by atoms with E-state index in [1.165, 1.54) is 0 Å². The van der Waals surface area contributed by atoms with E-state index in [2.05, 4.69) is 5.32 Å².